The Kier molecular flexibility index (Phi) is 5.22. The molecule has 1 saturated heterocycles. The van der Waals surface area contributed by atoms with Gasteiger partial charge in [0.1, 0.15) is 12.6 Å². The third kappa shape index (κ3) is 3.33. The van der Waals surface area contributed by atoms with Gasteiger partial charge in [0.25, 0.3) is 0 Å². The highest BCUT2D eigenvalue weighted by atomic mass is 16.6. The smallest absolute Gasteiger partial charge is 0.417 e. The molecule has 0 aromatic heterocycles. The number of ether oxygens (including phenoxy) is 1. The third-order valence-corrected chi connectivity index (χ3v) is 5.86. The molecular formula is C20H27NO3. The quantitative estimate of drug-likeness (QED) is 0.813. The van der Waals surface area contributed by atoms with Crippen molar-refractivity contribution in [2.75, 3.05) is 6.61 Å². The van der Waals surface area contributed by atoms with E-state index in [1.807, 2.05) is 37.3 Å². The van der Waals surface area contributed by atoms with Gasteiger partial charge in [-0.15, -0.1) is 0 Å². The standard InChI is InChI=1S/C20H27NO3/c1-3-15-9-11-16(12-10-15)14(2)19(22)21-18(13-24-20(21)23)17-7-5-4-6-8-17/h4-8,14-16,18H,3,9-13H2,1-2H3/t14?,15?,16?,18-/m0/s1. The van der Waals surface area contributed by atoms with Crippen molar-refractivity contribution >= 4 is 12.0 Å². The summed E-state index contributed by atoms with van der Waals surface area (Å²) in [7, 11) is 0. The predicted molar refractivity (Wildman–Crippen MR) is 92.3 cm³/mol. The first-order valence-corrected chi connectivity index (χ1v) is 9.16. The Hall–Kier alpha value is -1.84. The van der Waals surface area contributed by atoms with Crippen LogP contribution >= 0.6 is 0 Å². The molecule has 4 nitrogen and oxygen atoms in total. The summed E-state index contributed by atoms with van der Waals surface area (Å²) in [6, 6.07) is 9.39. The summed E-state index contributed by atoms with van der Waals surface area (Å²) in [6.07, 6.45) is 5.30. The summed E-state index contributed by atoms with van der Waals surface area (Å²) in [5.74, 6) is 0.980. The maximum atomic E-state index is 13.0. The summed E-state index contributed by atoms with van der Waals surface area (Å²) in [6.45, 7) is 4.47. The van der Waals surface area contributed by atoms with Gasteiger partial charge in [0, 0.05) is 5.92 Å². The fourth-order valence-corrected chi connectivity index (χ4v) is 4.10. The Morgan fingerprint density at radius 2 is 1.88 bits per heavy atom. The number of benzene rings is 1. The lowest BCUT2D eigenvalue weighted by molar-refractivity contribution is -0.135. The van der Waals surface area contributed by atoms with Crippen molar-refractivity contribution in [1.29, 1.82) is 0 Å². The van der Waals surface area contributed by atoms with Crippen molar-refractivity contribution in [2.24, 2.45) is 17.8 Å². The Morgan fingerprint density at radius 1 is 1.21 bits per heavy atom. The fourth-order valence-electron chi connectivity index (χ4n) is 4.10. The molecule has 2 aliphatic rings. The van der Waals surface area contributed by atoms with Crippen LogP contribution in [-0.2, 0) is 9.53 Å². The van der Waals surface area contributed by atoms with Crippen LogP contribution in [-0.4, -0.2) is 23.5 Å². The lowest BCUT2D eigenvalue weighted by Crippen LogP contribution is -2.40. The third-order valence-electron chi connectivity index (χ3n) is 5.86. The van der Waals surface area contributed by atoms with Crippen LogP contribution in [0.4, 0.5) is 4.79 Å². The Balaban J connectivity index is 1.71. The van der Waals surface area contributed by atoms with Crippen molar-refractivity contribution in [2.45, 2.75) is 52.0 Å². The van der Waals surface area contributed by atoms with Crippen molar-refractivity contribution in [3.63, 3.8) is 0 Å². The van der Waals surface area contributed by atoms with Crippen LogP contribution in [0.15, 0.2) is 30.3 Å². The number of cyclic esters (lactones) is 1. The van der Waals surface area contributed by atoms with Crippen LogP contribution < -0.4 is 0 Å². The average molecular weight is 329 g/mol. The number of hydrogen-bond acceptors (Lipinski definition) is 3. The molecule has 24 heavy (non-hydrogen) atoms. The molecule has 1 saturated carbocycles. The first kappa shape index (κ1) is 17.0. The minimum absolute atomic E-state index is 0.0775. The Bertz CT molecular complexity index is 578. The van der Waals surface area contributed by atoms with Gasteiger partial charge in [-0.05, 0) is 30.2 Å². The normalized spacial score (nSPS) is 28.5. The molecule has 2 atom stereocenters. The molecule has 2 fully saturated rings. The molecule has 1 aliphatic heterocycles. The van der Waals surface area contributed by atoms with Crippen molar-refractivity contribution in [3.05, 3.63) is 35.9 Å². The van der Waals surface area contributed by atoms with Crippen LogP contribution in [0.25, 0.3) is 0 Å². The van der Waals surface area contributed by atoms with Gasteiger partial charge in [0.2, 0.25) is 5.91 Å². The van der Waals surface area contributed by atoms with E-state index in [0.717, 1.165) is 24.3 Å². The average Bonchev–Trinajstić information content (AvgIpc) is 3.03. The highest BCUT2D eigenvalue weighted by Crippen LogP contribution is 2.37. The number of carbonyl (C=O) groups is 2. The number of nitrogens with zero attached hydrogens (tertiary/aromatic N) is 1. The Labute approximate surface area is 144 Å². The van der Waals surface area contributed by atoms with Gasteiger partial charge in [-0.3, -0.25) is 4.79 Å². The van der Waals surface area contributed by atoms with E-state index in [-0.39, 0.29) is 24.5 Å². The van der Waals surface area contributed by atoms with Gasteiger partial charge in [-0.1, -0.05) is 63.4 Å². The van der Waals surface area contributed by atoms with Gasteiger partial charge >= 0.3 is 6.09 Å². The number of carbonyl (C=O) groups excluding carboxylic acids is 2. The molecular weight excluding hydrogens is 302 g/mol. The minimum Gasteiger partial charge on any atom is -0.446 e. The van der Waals surface area contributed by atoms with Crippen LogP contribution in [0.2, 0.25) is 0 Å². The fraction of sp³-hybridized carbons (Fsp3) is 0.600. The van der Waals surface area contributed by atoms with Crippen molar-refractivity contribution in [3.8, 4) is 0 Å². The molecule has 0 bridgehead atoms. The number of imide groups is 1. The molecule has 1 aromatic rings. The molecule has 2 amide bonds. The second-order valence-electron chi connectivity index (χ2n) is 7.19. The van der Waals surface area contributed by atoms with Gasteiger partial charge in [-0.2, -0.15) is 0 Å². The Morgan fingerprint density at radius 3 is 2.50 bits per heavy atom. The van der Waals surface area contributed by atoms with E-state index in [4.69, 9.17) is 4.74 Å². The molecule has 1 unspecified atom stereocenters. The first-order chi connectivity index (χ1) is 11.6. The summed E-state index contributed by atoms with van der Waals surface area (Å²) >= 11 is 0. The molecule has 0 N–H and O–H groups in total. The topological polar surface area (TPSA) is 46.6 Å². The van der Waals surface area contributed by atoms with Crippen molar-refractivity contribution < 1.29 is 14.3 Å². The molecule has 3 rings (SSSR count). The number of rotatable bonds is 4. The molecule has 130 valence electrons. The molecule has 1 aliphatic carbocycles. The SMILES string of the molecule is CCC1CCC(C(C)C(=O)N2C(=O)OC[C@H]2c2ccccc2)CC1. The second kappa shape index (κ2) is 7.37. The molecule has 1 aromatic carbocycles. The summed E-state index contributed by atoms with van der Waals surface area (Å²) in [5, 5.41) is 0. The second-order valence-corrected chi connectivity index (χ2v) is 7.19. The van der Waals surface area contributed by atoms with Crippen LogP contribution in [0.1, 0.15) is 57.6 Å². The zero-order valence-corrected chi connectivity index (χ0v) is 14.6. The highest BCUT2D eigenvalue weighted by Gasteiger charge is 2.42. The van der Waals surface area contributed by atoms with E-state index in [1.165, 1.54) is 24.2 Å². The zero-order valence-electron chi connectivity index (χ0n) is 14.6. The van der Waals surface area contributed by atoms with E-state index in [0.29, 0.717) is 5.92 Å². The van der Waals surface area contributed by atoms with Crippen molar-refractivity contribution in [1.82, 2.24) is 4.90 Å². The molecule has 1 heterocycles. The van der Waals surface area contributed by atoms with Crippen LogP contribution in [0, 0.1) is 17.8 Å². The van der Waals surface area contributed by atoms with E-state index >= 15 is 0 Å². The molecule has 0 radical (unpaired) electrons. The van der Waals surface area contributed by atoms with Gasteiger partial charge in [-0.25, -0.2) is 9.69 Å². The largest absolute Gasteiger partial charge is 0.446 e. The van der Waals surface area contributed by atoms with E-state index in [2.05, 4.69) is 6.92 Å². The lowest BCUT2D eigenvalue weighted by Gasteiger charge is -2.33. The summed E-state index contributed by atoms with van der Waals surface area (Å²) in [4.78, 5) is 26.5. The molecule has 4 heteroatoms. The maximum Gasteiger partial charge on any atom is 0.417 e. The van der Waals surface area contributed by atoms with E-state index < -0.39 is 6.09 Å². The van der Waals surface area contributed by atoms with Crippen LogP contribution in [0.3, 0.4) is 0 Å². The first-order valence-electron chi connectivity index (χ1n) is 9.16. The zero-order chi connectivity index (χ0) is 17.1. The summed E-state index contributed by atoms with van der Waals surface area (Å²) < 4.78 is 5.19. The van der Waals surface area contributed by atoms with E-state index in [9.17, 15) is 9.59 Å². The van der Waals surface area contributed by atoms with Gasteiger partial charge in [0.15, 0.2) is 0 Å². The monoisotopic (exact) mass is 329 g/mol. The molecule has 0 spiro atoms. The van der Waals surface area contributed by atoms with Crippen LogP contribution in [0.5, 0.6) is 0 Å². The van der Waals surface area contributed by atoms with Gasteiger partial charge < -0.3 is 4.74 Å². The number of hydrogen-bond donors (Lipinski definition) is 0. The lowest BCUT2D eigenvalue weighted by atomic mass is 9.75. The highest BCUT2D eigenvalue weighted by molar-refractivity contribution is 5.95. The predicted octanol–water partition coefficient (Wildman–Crippen LogP) is 4.56. The number of amides is 2. The minimum atomic E-state index is -0.497. The maximum absolute atomic E-state index is 13.0. The summed E-state index contributed by atoms with van der Waals surface area (Å²) in [5.41, 5.74) is 0.957. The van der Waals surface area contributed by atoms with E-state index in [1.54, 1.807) is 0 Å². The van der Waals surface area contributed by atoms with Gasteiger partial charge in [0.05, 0.1) is 0 Å².